The highest BCUT2D eigenvalue weighted by atomic mass is 16.5. The van der Waals surface area contributed by atoms with Crippen molar-refractivity contribution in [3.05, 3.63) is 0 Å². The Kier molecular flexibility index (Phi) is 4.62. The first-order valence-electron chi connectivity index (χ1n) is 7.19. The Bertz CT molecular complexity index is 287. The molecule has 0 aromatic carbocycles. The molecule has 2 rings (SSSR count). The van der Waals surface area contributed by atoms with Crippen molar-refractivity contribution >= 4 is 5.97 Å². The summed E-state index contributed by atoms with van der Waals surface area (Å²) >= 11 is 0. The summed E-state index contributed by atoms with van der Waals surface area (Å²) in [4.78, 5) is 11.3. The monoisotopic (exact) mass is 255 g/mol. The number of aliphatic carboxylic acids is 1. The Morgan fingerprint density at radius 2 is 2.06 bits per heavy atom. The first-order chi connectivity index (χ1) is 8.60. The minimum atomic E-state index is -0.822. The van der Waals surface area contributed by atoms with Gasteiger partial charge in [0, 0.05) is 19.3 Å². The summed E-state index contributed by atoms with van der Waals surface area (Å²) in [5.74, 6) is 0.0949. The Morgan fingerprint density at radius 1 is 1.33 bits per heavy atom. The Balaban J connectivity index is 1.60. The van der Waals surface area contributed by atoms with E-state index in [-0.39, 0.29) is 0 Å². The predicted octanol–water partition coefficient (Wildman–Crippen LogP) is 2.18. The molecule has 0 saturated heterocycles. The SMILES string of the molecule is CC(CCOCCC1CCC1)(NC1CC1)C(=O)O. The molecular formula is C14H25NO3. The number of rotatable bonds is 9. The van der Waals surface area contributed by atoms with Gasteiger partial charge in [-0.25, -0.2) is 0 Å². The van der Waals surface area contributed by atoms with Crippen LogP contribution in [0, 0.1) is 5.92 Å². The van der Waals surface area contributed by atoms with Gasteiger partial charge < -0.3 is 9.84 Å². The molecule has 0 aliphatic heterocycles. The largest absolute Gasteiger partial charge is 0.480 e. The lowest BCUT2D eigenvalue weighted by atomic mass is 9.83. The smallest absolute Gasteiger partial charge is 0.323 e. The average molecular weight is 255 g/mol. The maximum atomic E-state index is 11.3. The lowest BCUT2D eigenvalue weighted by Gasteiger charge is -2.27. The maximum Gasteiger partial charge on any atom is 0.323 e. The molecule has 0 aromatic heterocycles. The predicted molar refractivity (Wildman–Crippen MR) is 69.6 cm³/mol. The van der Waals surface area contributed by atoms with E-state index in [1.165, 1.54) is 19.3 Å². The third kappa shape index (κ3) is 3.95. The quantitative estimate of drug-likeness (QED) is 0.620. The summed E-state index contributed by atoms with van der Waals surface area (Å²) in [6.45, 7) is 3.09. The second-order valence-corrected chi connectivity index (χ2v) is 6.00. The summed E-state index contributed by atoms with van der Waals surface area (Å²) in [6.07, 6.45) is 7.95. The maximum absolute atomic E-state index is 11.3. The summed E-state index contributed by atoms with van der Waals surface area (Å²) in [5.41, 5.74) is -0.822. The third-order valence-electron chi connectivity index (χ3n) is 4.21. The highest BCUT2D eigenvalue weighted by Gasteiger charge is 2.38. The van der Waals surface area contributed by atoms with E-state index >= 15 is 0 Å². The topological polar surface area (TPSA) is 58.6 Å². The van der Waals surface area contributed by atoms with Crippen LogP contribution < -0.4 is 5.32 Å². The standard InChI is InChI=1S/C14H25NO3/c1-14(13(16)17,15-12-5-6-12)8-10-18-9-7-11-3-2-4-11/h11-12,15H,2-10H2,1H3,(H,16,17). The minimum Gasteiger partial charge on any atom is -0.480 e. The number of hydrogen-bond acceptors (Lipinski definition) is 3. The molecule has 2 N–H and O–H groups in total. The molecule has 0 spiro atoms. The fourth-order valence-corrected chi connectivity index (χ4v) is 2.33. The number of carboxylic acid groups (broad SMARTS) is 1. The second kappa shape index (κ2) is 6.02. The van der Waals surface area contributed by atoms with E-state index in [1.54, 1.807) is 6.92 Å². The van der Waals surface area contributed by atoms with E-state index in [0.29, 0.717) is 19.1 Å². The Labute approximate surface area is 109 Å². The zero-order valence-corrected chi connectivity index (χ0v) is 11.3. The number of carboxylic acids is 1. The van der Waals surface area contributed by atoms with Gasteiger partial charge in [-0.05, 0) is 38.5 Å². The van der Waals surface area contributed by atoms with Crippen LogP contribution in [-0.2, 0) is 9.53 Å². The zero-order chi connectivity index (χ0) is 13.0. The van der Waals surface area contributed by atoms with Gasteiger partial charge in [-0.15, -0.1) is 0 Å². The molecule has 2 aliphatic carbocycles. The van der Waals surface area contributed by atoms with Crippen molar-refractivity contribution in [2.24, 2.45) is 5.92 Å². The van der Waals surface area contributed by atoms with Gasteiger partial charge in [0.25, 0.3) is 0 Å². The lowest BCUT2D eigenvalue weighted by molar-refractivity contribution is -0.145. The number of carbonyl (C=O) groups is 1. The van der Waals surface area contributed by atoms with Crippen molar-refractivity contribution in [1.82, 2.24) is 5.32 Å². The molecule has 2 aliphatic rings. The van der Waals surface area contributed by atoms with E-state index in [0.717, 1.165) is 31.8 Å². The molecule has 104 valence electrons. The Morgan fingerprint density at radius 3 is 2.56 bits per heavy atom. The molecule has 4 nitrogen and oxygen atoms in total. The van der Waals surface area contributed by atoms with Gasteiger partial charge in [0.05, 0.1) is 0 Å². The molecule has 4 heteroatoms. The van der Waals surface area contributed by atoms with Crippen LogP contribution in [0.3, 0.4) is 0 Å². The number of nitrogens with one attached hydrogen (secondary N) is 1. The van der Waals surface area contributed by atoms with Crippen molar-refractivity contribution in [1.29, 1.82) is 0 Å². The molecule has 1 atom stereocenters. The minimum absolute atomic E-state index is 0.404. The fraction of sp³-hybridized carbons (Fsp3) is 0.929. The van der Waals surface area contributed by atoms with Crippen LogP contribution in [0.1, 0.15) is 51.9 Å². The first kappa shape index (κ1) is 13.8. The first-order valence-corrected chi connectivity index (χ1v) is 7.19. The van der Waals surface area contributed by atoms with Crippen molar-refractivity contribution in [2.75, 3.05) is 13.2 Å². The summed E-state index contributed by atoms with van der Waals surface area (Å²) in [6, 6.07) is 0.404. The molecule has 0 amide bonds. The molecule has 0 radical (unpaired) electrons. The van der Waals surface area contributed by atoms with Gasteiger partial charge in [0.1, 0.15) is 5.54 Å². The van der Waals surface area contributed by atoms with Crippen molar-refractivity contribution in [2.45, 2.75) is 63.5 Å². The molecule has 2 fully saturated rings. The van der Waals surface area contributed by atoms with Crippen molar-refractivity contribution in [3.63, 3.8) is 0 Å². The molecule has 2 saturated carbocycles. The van der Waals surface area contributed by atoms with Crippen LogP contribution in [0.4, 0.5) is 0 Å². The van der Waals surface area contributed by atoms with E-state index in [2.05, 4.69) is 5.32 Å². The second-order valence-electron chi connectivity index (χ2n) is 6.00. The molecule has 1 unspecified atom stereocenters. The van der Waals surface area contributed by atoms with Crippen LogP contribution in [0.5, 0.6) is 0 Å². The Hall–Kier alpha value is -0.610. The molecule has 0 bridgehead atoms. The normalized spacial score (nSPS) is 23.4. The van der Waals surface area contributed by atoms with Crippen LogP contribution in [-0.4, -0.2) is 35.9 Å². The number of hydrogen-bond donors (Lipinski definition) is 2. The lowest BCUT2D eigenvalue weighted by Crippen LogP contribution is -2.51. The van der Waals surface area contributed by atoms with Gasteiger partial charge in [0.2, 0.25) is 0 Å². The summed E-state index contributed by atoms with van der Waals surface area (Å²) in [5, 5.41) is 12.5. The van der Waals surface area contributed by atoms with Crippen LogP contribution in [0.2, 0.25) is 0 Å². The molecular weight excluding hydrogens is 230 g/mol. The number of ether oxygens (including phenoxy) is 1. The average Bonchev–Trinajstić information content (AvgIpc) is 3.04. The van der Waals surface area contributed by atoms with Crippen LogP contribution >= 0.6 is 0 Å². The van der Waals surface area contributed by atoms with E-state index in [1.807, 2.05) is 0 Å². The van der Waals surface area contributed by atoms with Gasteiger partial charge >= 0.3 is 5.97 Å². The van der Waals surface area contributed by atoms with Crippen LogP contribution in [0.15, 0.2) is 0 Å². The zero-order valence-electron chi connectivity index (χ0n) is 11.3. The highest BCUT2D eigenvalue weighted by Crippen LogP contribution is 2.29. The van der Waals surface area contributed by atoms with Gasteiger partial charge in [-0.1, -0.05) is 19.3 Å². The third-order valence-corrected chi connectivity index (χ3v) is 4.21. The van der Waals surface area contributed by atoms with Gasteiger partial charge in [-0.2, -0.15) is 0 Å². The van der Waals surface area contributed by atoms with E-state index in [4.69, 9.17) is 4.74 Å². The molecule has 0 aromatic rings. The van der Waals surface area contributed by atoms with E-state index < -0.39 is 11.5 Å². The van der Waals surface area contributed by atoms with Gasteiger partial charge in [0.15, 0.2) is 0 Å². The fourth-order valence-electron chi connectivity index (χ4n) is 2.33. The van der Waals surface area contributed by atoms with Crippen molar-refractivity contribution in [3.8, 4) is 0 Å². The summed E-state index contributed by atoms with van der Waals surface area (Å²) < 4.78 is 5.58. The van der Waals surface area contributed by atoms with Crippen LogP contribution in [0.25, 0.3) is 0 Å². The summed E-state index contributed by atoms with van der Waals surface area (Å²) in [7, 11) is 0. The van der Waals surface area contributed by atoms with Gasteiger partial charge in [-0.3, -0.25) is 10.1 Å². The van der Waals surface area contributed by atoms with E-state index in [9.17, 15) is 9.90 Å². The molecule has 0 heterocycles. The highest BCUT2D eigenvalue weighted by molar-refractivity contribution is 5.78. The van der Waals surface area contributed by atoms with Crippen molar-refractivity contribution < 1.29 is 14.6 Å². The molecule has 18 heavy (non-hydrogen) atoms.